The molecule has 1 aliphatic heterocycles. The first-order chi connectivity index (χ1) is 14.9. The Balaban J connectivity index is 1.50. The Morgan fingerprint density at radius 3 is 2.81 bits per heavy atom. The predicted octanol–water partition coefficient (Wildman–Crippen LogP) is 4.10. The van der Waals surface area contributed by atoms with E-state index in [1.807, 2.05) is 31.2 Å². The first-order valence-corrected chi connectivity index (χ1v) is 11.8. The molecular weight excluding hydrogens is 410 g/mol. The number of likely N-dealkylation sites (N-methyl/N-ethyl adjacent to an activating group) is 1. The first kappa shape index (κ1) is 21.6. The van der Waals surface area contributed by atoms with Crippen molar-refractivity contribution < 1.29 is 14.4 Å². The second-order valence-corrected chi connectivity index (χ2v) is 9.76. The van der Waals surface area contributed by atoms with Crippen LogP contribution in [0, 0.1) is 5.92 Å². The highest BCUT2D eigenvalue weighted by Crippen LogP contribution is 2.34. The minimum absolute atomic E-state index is 0.0359. The molecule has 0 unspecified atom stereocenters. The van der Waals surface area contributed by atoms with Crippen LogP contribution in [-0.4, -0.2) is 42.3 Å². The molecule has 2 aromatic rings. The van der Waals surface area contributed by atoms with Crippen LogP contribution in [-0.2, 0) is 22.4 Å². The Hall–Kier alpha value is -2.67. The summed E-state index contributed by atoms with van der Waals surface area (Å²) in [6, 6.07) is 9.03. The average Bonchev–Trinajstić information content (AvgIpc) is 3.11. The molecule has 4 rings (SSSR count). The lowest BCUT2D eigenvalue weighted by atomic mass is 9.87. The first-order valence-electron chi connectivity index (χ1n) is 10.9. The van der Waals surface area contributed by atoms with Gasteiger partial charge in [0.15, 0.2) is 0 Å². The molecule has 2 heterocycles. The molecule has 6 nitrogen and oxygen atoms in total. The summed E-state index contributed by atoms with van der Waals surface area (Å²) < 4.78 is 0. The molecule has 3 amide bonds. The van der Waals surface area contributed by atoms with E-state index in [2.05, 4.69) is 12.2 Å². The van der Waals surface area contributed by atoms with Gasteiger partial charge in [0.25, 0.3) is 5.91 Å². The topological polar surface area (TPSA) is 69.7 Å². The highest BCUT2D eigenvalue weighted by Gasteiger charge is 2.31. The normalized spacial score (nSPS) is 20.4. The number of rotatable bonds is 4. The van der Waals surface area contributed by atoms with Crippen LogP contribution in [0.1, 0.15) is 53.2 Å². The van der Waals surface area contributed by atoms with Gasteiger partial charge in [0.1, 0.15) is 6.54 Å². The Bertz CT molecular complexity index is 1020. The Labute approximate surface area is 187 Å². The summed E-state index contributed by atoms with van der Waals surface area (Å²) in [5, 5.41) is 2.86. The molecule has 31 heavy (non-hydrogen) atoms. The van der Waals surface area contributed by atoms with E-state index in [1.54, 1.807) is 29.4 Å². The van der Waals surface area contributed by atoms with Crippen molar-refractivity contribution in [3.8, 4) is 0 Å². The van der Waals surface area contributed by atoms with Crippen molar-refractivity contribution in [2.45, 2.75) is 52.0 Å². The van der Waals surface area contributed by atoms with E-state index in [0.717, 1.165) is 12.8 Å². The molecule has 0 fully saturated rings. The molecule has 1 aliphatic carbocycles. The standard InChI is InChI=1S/C24H29N3O3S/c1-4-16-9-10-20-17(12-16)13-21(31-20)24(30)26(3)14-23(29)27-15(2)11-22(28)25-18-7-5-6-8-19(18)27/h5-8,13,15-16H,4,9-12,14H2,1-3H3,(H,25,28)/t15-,16-/m1/s1. The van der Waals surface area contributed by atoms with Gasteiger partial charge in [-0.25, -0.2) is 0 Å². The van der Waals surface area contributed by atoms with Gasteiger partial charge in [-0.1, -0.05) is 25.5 Å². The van der Waals surface area contributed by atoms with Crippen LogP contribution in [0.25, 0.3) is 0 Å². The molecule has 2 aliphatic rings. The summed E-state index contributed by atoms with van der Waals surface area (Å²) in [5.74, 6) is 0.268. The van der Waals surface area contributed by atoms with Crippen LogP contribution in [0.15, 0.2) is 30.3 Å². The molecule has 1 aromatic carbocycles. The molecule has 0 saturated heterocycles. The Morgan fingerprint density at radius 1 is 1.26 bits per heavy atom. The van der Waals surface area contributed by atoms with Crippen molar-refractivity contribution in [1.82, 2.24) is 4.90 Å². The Kier molecular flexibility index (Phi) is 6.14. The van der Waals surface area contributed by atoms with Gasteiger partial charge in [-0.2, -0.15) is 0 Å². The smallest absolute Gasteiger partial charge is 0.264 e. The third kappa shape index (κ3) is 4.37. The quantitative estimate of drug-likeness (QED) is 0.780. The molecule has 0 bridgehead atoms. The van der Waals surface area contributed by atoms with Crippen molar-refractivity contribution in [2.75, 3.05) is 23.8 Å². The van der Waals surface area contributed by atoms with Crippen molar-refractivity contribution in [1.29, 1.82) is 0 Å². The molecule has 1 N–H and O–H groups in total. The van der Waals surface area contributed by atoms with Gasteiger partial charge < -0.3 is 15.1 Å². The number of amides is 3. The maximum Gasteiger partial charge on any atom is 0.264 e. The second-order valence-electron chi connectivity index (χ2n) is 8.62. The van der Waals surface area contributed by atoms with Crippen molar-refractivity contribution in [3.63, 3.8) is 0 Å². The molecule has 0 radical (unpaired) electrons. The highest BCUT2D eigenvalue weighted by atomic mass is 32.1. The van der Waals surface area contributed by atoms with E-state index in [9.17, 15) is 14.4 Å². The summed E-state index contributed by atoms with van der Waals surface area (Å²) in [6.45, 7) is 4.04. The fourth-order valence-electron chi connectivity index (χ4n) is 4.56. The minimum Gasteiger partial charge on any atom is -0.332 e. The van der Waals surface area contributed by atoms with Crippen LogP contribution in [0.2, 0.25) is 0 Å². The van der Waals surface area contributed by atoms with Crippen LogP contribution in [0.4, 0.5) is 11.4 Å². The zero-order valence-electron chi connectivity index (χ0n) is 18.3. The maximum absolute atomic E-state index is 13.2. The number of anilines is 2. The van der Waals surface area contributed by atoms with Crippen molar-refractivity contribution in [3.05, 3.63) is 45.6 Å². The summed E-state index contributed by atoms with van der Waals surface area (Å²) in [4.78, 5) is 43.6. The van der Waals surface area contributed by atoms with Gasteiger partial charge in [0.2, 0.25) is 11.8 Å². The minimum atomic E-state index is -0.292. The largest absolute Gasteiger partial charge is 0.332 e. The molecule has 0 saturated carbocycles. The third-order valence-corrected chi connectivity index (χ3v) is 7.55. The number of carbonyl (C=O) groups excluding carboxylic acids is 3. The molecule has 164 valence electrons. The van der Waals surface area contributed by atoms with Gasteiger partial charge in [-0.15, -0.1) is 11.3 Å². The molecule has 1 aromatic heterocycles. The van der Waals surface area contributed by atoms with Gasteiger partial charge in [-0.05, 0) is 55.9 Å². The van der Waals surface area contributed by atoms with E-state index < -0.39 is 0 Å². The van der Waals surface area contributed by atoms with Crippen LogP contribution < -0.4 is 10.2 Å². The lowest BCUT2D eigenvalue weighted by molar-refractivity contribution is -0.119. The fourth-order valence-corrected chi connectivity index (χ4v) is 5.76. The zero-order chi connectivity index (χ0) is 22.1. The van der Waals surface area contributed by atoms with E-state index in [-0.39, 0.29) is 36.7 Å². The molecule has 7 heteroatoms. The van der Waals surface area contributed by atoms with Gasteiger partial charge in [-0.3, -0.25) is 14.4 Å². The monoisotopic (exact) mass is 439 g/mol. The summed E-state index contributed by atoms with van der Waals surface area (Å²) in [6.07, 6.45) is 4.65. The summed E-state index contributed by atoms with van der Waals surface area (Å²) in [5.41, 5.74) is 2.59. The summed E-state index contributed by atoms with van der Waals surface area (Å²) in [7, 11) is 1.67. The van der Waals surface area contributed by atoms with Crippen LogP contribution in [0.5, 0.6) is 0 Å². The zero-order valence-corrected chi connectivity index (χ0v) is 19.1. The van der Waals surface area contributed by atoms with Crippen molar-refractivity contribution >= 4 is 40.4 Å². The number of nitrogens with one attached hydrogen (secondary N) is 1. The number of carbonyl (C=O) groups is 3. The molecular formula is C24H29N3O3S. The second kappa shape index (κ2) is 8.83. The SMILES string of the molecule is CC[C@@H]1CCc2sc(C(=O)N(C)CC(=O)N3c4ccccc4NC(=O)C[C@H]3C)cc2C1. The van der Waals surface area contributed by atoms with E-state index >= 15 is 0 Å². The lowest BCUT2D eigenvalue weighted by Crippen LogP contribution is -2.45. The average molecular weight is 440 g/mol. The number of thiophene rings is 1. The third-order valence-electron chi connectivity index (χ3n) is 6.32. The lowest BCUT2D eigenvalue weighted by Gasteiger charge is -2.29. The van der Waals surface area contributed by atoms with Crippen LogP contribution in [0.3, 0.4) is 0 Å². The van der Waals surface area contributed by atoms with E-state index in [1.165, 1.54) is 28.2 Å². The van der Waals surface area contributed by atoms with Gasteiger partial charge in [0.05, 0.1) is 16.3 Å². The number of aryl methyl sites for hydroxylation is 1. The van der Waals surface area contributed by atoms with Gasteiger partial charge >= 0.3 is 0 Å². The number of benzene rings is 1. The molecule has 0 spiro atoms. The van der Waals surface area contributed by atoms with Gasteiger partial charge in [0, 0.05) is 24.4 Å². The van der Waals surface area contributed by atoms with E-state index in [4.69, 9.17) is 0 Å². The maximum atomic E-state index is 13.2. The number of hydrogen-bond acceptors (Lipinski definition) is 4. The highest BCUT2D eigenvalue weighted by molar-refractivity contribution is 7.14. The van der Waals surface area contributed by atoms with Crippen LogP contribution >= 0.6 is 11.3 Å². The fraction of sp³-hybridized carbons (Fsp3) is 0.458. The predicted molar refractivity (Wildman–Crippen MR) is 124 cm³/mol. The van der Waals surface area contributed by atoms with E-state index in [0.29, 0.717) is 22.2 Å². The number of para-hydroxylation sites is 2. The summed E-state index contributed by atoms with van der Waals surface area (Å²) >= 11 is 1.57. The number of nitrogens with zero attached hydrogens (tertiary/aromatic N) is 2. The molecule has 2 atom stereocenters. The number of fused-ring (bicyclic) bond motifs is 2. The number of hydrogen-bond donors (Lipinski definition) is 1. The Morgan fingerprint density at radius 2 is 2.03 bits per heavy atom. The van der Waals surface area contributed by atoms with Crippen molar-refractivity contribution in [2.24, 2.45) is 5.92 Å².